The first kappa shape index (κ1) is 22.4. The molecule has 170 valence electrons. The number of nitrogens with zero attached hydrogens (tertiary/aromatic N) is 4. The Kier molecular flexibility index (Phi) is 6.38. The molecule has 0 saturated carbocycles. The molecule has 0 radical (unpaired) electrons. The van der Waals surface area contributed by atoms with E-state index in [1.54, 1.807) is 29.3 Å². The van der Waals surface area contributed by atoms with Crippen LogP contribution in [0.3, 0.4) is 0 Å². The fourth-order valence-electron chi connectivity index (χ4n) is 3.99. The fourth-order valence-corrected chi connectivity index (χ4v) is 3.99. The Morgan fingerprint density at radius 1 is 1.24 bits per heavy atom. The number of piperidine rings is 1. The Balaban J connectivity index is 1.73. The largest absolute Gasteiger partial charge is 0.494 e. The molecule has 0 aliphatic carbocycles. The molecule has 1 fully saturated rings. The minimum absolute atomic E-state index is 0.0306. The van der Waals surface area contributed by atoms with Crippen LogP contribution in [0, 0.1) is 23.0 Å². The number of carbonyl (C=O) groups excluding carboxylic acids is 1. The summed E-state index contributed by atoms with van der Waals surface area (Å²) in [4.78, 5) is 14.5. The average molecular weight is 451 g/mol. The van der Waals surface area contributed by atoms with Crippen molar-refractivity contribution < 1.29 is 18.3 Å². The predicted octanol–water partition coefficient (Wildman–Crippen LogP) is 3.33. The van der Waals surface area contributed by atoms with E-state index in [0.29, 0.717) is 35.5 Å². The summed E-state index contributed by atoms with van der Waals surface area (Å²) in [5.74, 6) is -1.29. The summed E-state index contributed by atoms with van der Waals surface area (Å²) in [7, 11) is 1.37. The summed E-state index contributed by atoms with van der Waals surface area (Å²) in [6.45, 7) is 1.10. The first-order valence-electron chi connectivity index (χ1n) is 10.5. The second-order valence-corrected chi connectivity index (χ2v) is 7.99. The Morgan fingerprint density at radius 2 is 2.00 bits per heavy atom. The Bertz CT molecular complexity index is 1230. The van der Waals surface area contributed by atoms with Gasteiger partial charge in [0.15, 0.2) is 11.6 Å². The van der Waals surface area contributed by atoms with E-state index >= 15 is 0 Å². The van der Waals surface area contributed by atoms with Crippen LogP contribution in [0.2, 0.25) is 0 Å². The van der Waals surface area contributed by atoms with Crippen LogP contribution in [-0.4, -0.2) is 46.8 Å². The molecule has 1 amide bonds. The highest BCUT2D eigenvalue weighted by Gasteiger charge is 2.23. The van der Waals surface area contributed by atoms with Gasteiger partial charge >= 0.3 is 0 Å². The van der Waals surface area contributed by atoms with Gasteiger partial charge in [-0.05, 0) is 48.7 Å². The molecule has 3 aromatic rings. The van der Waals surface area contributed by atoms with Crippen molar-refractivity contribution in [1.82, 2.24) is 14.7 Å². The number of hydrogen-bond acceptors (Lipinski definition) is 5. The van der Waals surface area contributed by atoms with Crippen LogP contribution in [-0.2, 0) is 11.3 Å². The van der Waals surface area contributed by atoms with Crippen molar-refractivity contribution in [3.63, 3.8) is 0 Å². The maximum absolute atomic E-state index is 14.4. The molecule has 1 unspecified atom stereocenters. The van der Waals surface area contributed by atoms with Crippen molar-refractivity contribution >= 4 is 5.91 Å². The van der Waals surface area contributed by atoms with Crippen LogP contribution in [0.25, 0.3) is 22.4 Å². The first-order chi connectivity index (χ1) is 15.9. The molecule has 2 N–H and O–H groups in total. The van der Waals surface area contributed by atoms with E-state index in [2.05, 4.69) is 5.10 Å². The maximum atomic E-state index is 14.4. The van der Waals surface area contributed by atoms with Gasteiger partial charge in [0.05, 0.1) is 12.7 Å². The van der Waals surface area contributed by atoms with Gasteiger partial charge in [0.25, 0.3) is 0 Å². The number of nitrogens with two attached hydrogens (primary N) is 1. The summed E-state index contributed by atoms with van der Waals surface area (Å²) >= 11 is 0. The van der Waals surface area contributed by atoms with Gasteiger partial charge in [0, 0.05) is 36.5 Å². The number of nitriles is 1. The second-order valence-electron chi connectivity index (χ2n) is 7.99. The molecular formula is C24H23F2N5O2. The van der Waals surface area contributed by atoms with Gasteiger partial charge in [0.2, 0.25) is 5.91 Å². The fraction of sp³-hybridized carbons (Fsp3) is 0.292. The zero-order valence-corrected chi connectivity index (χ0v) is 18.1. The molecule has 9 heteroatoms. The first-order valence-corrected chi connectivity index (χ1v) is 10.5. The van der Waals surface area contributed by atoms with Crippen LogP contribution < -0.4 is 10.5 Å². The number of aromatic nitrogens is 2. The quantitative estimate of drug-likeness (QED) is 0.642. The van der Waals surface area contributed by atoms with Gasteiger partial charge in [-0.25, -0.2) is 8.78 Å². The van der Waals surface area contributed by atoms with E-state index in [0.717, 1.165) is 12.8 Å². The minimum Gasteiger partial charge on any atom is -0.494 e. The average Bonchev–Trinajstić information content (AvgIpc) is 3.22. The number of amides is 1. The highest BCUT2D eigenvalue weighted by molar-refractivity contribution is 5.82. The summed E-state index contributed by atoms with van der Waals surface area (Å²) in [6, 6.07) is 10.3. The summed E-state index contributed by atoms with van der Waals surface area (Å²) < 4.78 is 35.2. The number of ether oxygens (including phenoxy) is 1. The lowest BCUT2D eigenvalue weighted by molar-refractivity contribution is -0.133. The van der Waals surface area contributed by atoms with Crippen molar-refractivity contribution in [3.8, 4) is 34.2 Å². The molecule has 0 spiro atoms. The number of likely N-dealkylation sites (tertiary alicyclic amines) is 1. The number of halogens is 2. The molecule has 2 aromatic carbocycles. The maximum Gasteiger partial charge on any atom is 0.244 e. The van der Waals surface area contributed by atoms with Crippen molar-refractivity contribution in [1.29, 1.82) is 5.26 Å². The van der Waals surface area contributed by atoms with Crippen molar-refractivity contribution in [2.24, 2.45) is 5.73 Å². The SMILES string of the molecule is COc1ccc(-c2nn(CC(=O)N3CCCC(N)C3)cc2-c2ccc(C#N)c(F)c2)cc1F. The zero-order valence-electron chi connectivity index (χ0n) is 18.1. The molecule has 7 nitrogen and oxygen atoms in total. The summed E-state index contributed by atoms with van der Waals surface area (Å²) in [5, 5.41) is 13.5. The molecule has 1 aliphatic heterocycles. The molecule has 1 aliphatic rings. The van der Waals surface area contributed by atoms with Gasteiger partial charge in [-0.1, -0.05) is 6.07 Å². The molecule has 1 aromatic heterocycles. The number of carbonyl (C=O) groups is 1. The molecule has 2 heterocycles. The molecule has 0 bridgehead atoms. The van der Waals surface area contributed by atoms with Crippen LogP contribution >= 0.6 is 0 Å². The Labute approximate surface area is 190 Å². The van der Waals surface area contributed by atoms with Crippen molar-refractivity contribution in [2.75, 3.05) is 20.2 Å². The van der Waals surface area contributed by atoms with Gasteiger partial charge < -0.3 is 15.4 Å². The van der Waals surface area contributed by atoms with Gasteiger partial charge in [0.1, 0.15) is 24.1 Å². The van der Waals surface area contributed by atoms with E-state index in [4.69, 9.17) is 15.7 Å². The standard InChI is InChI=1S/C24H23F2N5O2/c1-33-22-7-6-16(10-21(22)26)24-19(15-4-5-17(11-27)20(25)9-15)13-31(29-24)14-23(32)30-8-2-3-18(28)12-30/h4-7,9-10,13,18H,2-3,8,12,14,28H2,1H3. The minimum atomic E-state index is -0.673. The van der Waals surface area contributed by atoms with Crippen molar-refractivity contribution in [2.45, 2.75) is 25.4 Å². The lowest BCUT2D eigenvalue weighted by atomic mass is 10.0. The van der Waals surface area contributed by atoms with Gasteiger partial charge in [-0.2, -0.15) is 10.4 Å². The van der Waals surface area contributed by atoms with E-state index < -0.39 is 11.6 Å². The van der Waals surface area contributed by atoms with Crippen LogP contribution in [0.1, 0.15) is 18.4 Å². The number of methoxy groups -OCH3 is 1. The predicted molar refractivity (Wildman–Crippen MR) is 118 cm³/mol. The smallest absolute Gasteiger partial charge is 0.244 e. The molecule has 1 saturated heterocycles. The van der Waals surface area contributed by atoms with E-state index in [1.807, 2.05) is 0 Å². The lowest BCUT2D eigenvalue weighted by Gasteiger charge is -2.30. The van der Waals surface area contributed by atoms with Crippen LogP contribution in [0.15, 0.2) is 42.6 Å². The molecule has 1 atom stereocenters. The third-order valence-electron chi connectivity index (χ3n) is 5.70. The van der Waals surface area contributed by atoms with E-state index in [1.165, 1.54) is 36.1 Å². The summed E-state index contributed by atoms with van der Waals surface area (Å²) in [6.07, 6.45) is 3.35. The topological polar surface area (TPSA) is 97.2 Å². The summed E-state index contributed by atoms with van der Waals surface area (Å²) in [5.41, 5.74) is 7.69. The van der Waals surface area contributed by atoms with Crippen molar-refractivity contribution in [3.05, 3.63) is 59.8 Å². The normalized spacial score (nSPS) is 15.8. The lowest BCUT2D eigenvalue weighted by Crippen LogP contribution is -2.46. The highest BCUT2D eigenvalue weighted by Crippen LogP contribution is 2.34. The number of benzene rings is 2. The van der Waals surface area contributed by atoms with Crippen LogP contribution in [0.4, 0.5) is 8.78 Å². The number of hydrogen-bond donors (Lipinski definition) is 1. The number of rotatable bonds is 5. The Morgan fingerprint density at radius 3 is 2.67 bits per heavy atom. The van der Waals surface area contributed by atoms with Crippen LogP contribution in [0.5, 0.6) is 5.75 Å². The van der Waals surface area contributed by atoms with Gasteiger partial charge in [-0.3, -0.25) is 9.48 Å². The second kappa shape index (κ2) is 9.38. The monoisotopic (exact) mass is 451 g/mol. The third-order valence-corrected chi connectivity index (χ3v) is 5.70. The Hall–Kier alpha value is -3.77. The highest BCUT2D eigenvalue weighted by atomic mass is 19.1. The molecule has 4 rings (SSSR count). The van der Waals surface area contributed by atoms with E-state index in [-0.39, 0.29) is 29.8 Å². The van der Waals surface area contributed by atoms with E-state index in [9.17, 15) is 13.6 Å². The molecular weight excluding hydrogens is 428 g/mol. The zero-order chi connectivity index (χ0) is 23.5. The molecule has 33 heavy (non-hydrogen) atoms. The van der Waals surface area contributed by atoms with Gasteiger partial charge in [-0.15, -0.1) is 0 Å². The third kappa shape index (κ3) is 4.71.